The molecule has 0 atom stereocenters. The standard InChI is InChI=1S/C10H10ClN3O2/c1-3-13-6(2)12-8-4-7(11)9(14(15)16)5-10(8)13/h4-5H,3H2,1-2H3. The molecule has 2 aromatic rings. The van der Waals surface area contributed by atoms with Gasteiger partial charge in [0, 0.05) is 12.6 Å². The summed E-state index contributed by atoms with van der Waals surface area (Å²) in [5, 5.41) is 10.9. The molecule has 0 bridgehead atoms. The van der Waals surface area contributed by atoms with Gasteiger partial charge in [-0.3, -0.25) is 10.1 Å². The average molecular weight is 240 g/mol. The van der Waals surface area contributed by atoms with Crippen LogP contribution < -0.4 is 0 Å². The van der Waals surface area contributed by atoms with Gasteiger partial charge in [0.1, 0.15) is 10.8 Å². The molecule has 5 nitrogen and oxygen atoms in total. The summed E-state index contributed by atoms with van der Waals surface area (Å²) >= 11 is 5.81. The minimum Gasteiger partial charge on any atom is -0.328 e. The first-order chi connectivity index (χ1) is 7.54. The molecule has 2 rings (SSSR count). The van der Waals surface area contributed by atoms with Gasteiger partial charge in [-0.05, 0) is 19.9 Å². The average Bonchev–Trinajstić information content (AvgIpc) is 2.50. The number of nitro benzene ring substituents is 1. The maximum absolute atomic E-state index is 10.8. The maximum Gasteiger partial charge on any atom is 0.290 e. The molecule has 0 fully saturated rings. The monoisotopic (exact) mass is 239 g/mol. The number of nitro groups is 1. The van der Waals surface area contributed by atoms with Gasteiger partial charge in [-0.25, -0.2) is 4.98 Å². The number of aryl methyl sites for hydroxylation is 2. The zero-order valence-corrected chi connectivity index (χ0v) is 9.65. The van der Waals surface area contributed by atoms with E-state index in [-0.39, 0.29) is 10.7 Å². The SMILES string of the molecule is CCn1c(C)nc2cc(Cl)c([N+](=O)[O-])cc21. The molecular formula is C10H10ClN3O2. The van der Waals surface area contributed by atoms with Gasteiger partial charge in [0.05, 0.1) is 16.0 Å². The highest BCUT2D eigenvalue weighted by Crippen LogP contribution is 2.29. The van der Waals surface area contributed by atoms with Gasteiger partial charge < -0.3 is 4.57 Å². The summed E-state index contributed by atoms with van der Waals surface area (Å²) in [6.07, 6.45) is 0. The Labute approximate surface area is 96.8 Å². The number of imidazole rings is 1. The van der Waals surface area contributed by atoms with Crippen molar-refractivity contribution in [1.82, 2.24) is 9.55 Å². The summed E-state index contributed by atoms with van der Waals surface area (Å²) in [5.74, 6) is 0.828. The molecule has 1 heterocycles. The van der Waals surface area contributed by atoms with Gasteiger partial charge in [-0.2, -0.15) is 0 Å². The highest BCUT2D eigenvalue weighted by Gasteiger charge is 2.17. The fourth-order valence-electron chi connectivity index (χ4n) is 1.79. The molecule has 0 aliphatic carbocycles. The number of fused-ring (bicyclic) bond motifs is 1. The second kappa shape index (κ2) is 3.75. The Morgan fingerprint density at radius 3 is 2.81 bits per heavy atom. The van der Waals surface area contributed by atoms with E-state index in [0.29, 0.717) is 5.52 Å². The van der Waals surface area contributed by atoms with Crippen molar-refractivity contribution >= 4 is 28.3 Å². The van der Waals surface area contributed by atoms with E-state index >= 15 is 0 Å². The molecule has 0 spiro atoms. The summed E-state index contributed by atoms with van der Waals surface area (Å²) in [7, 11) is 0. The lowest BCUT2D eigenvalue weighted by atomic mass is 10.3. The normalized spacial score (nSPS) is 10.9. The first-order valence-electron chi connectivity index (χ1n) is 4.85. The second-order valence-electron chi connectivity index (χ2n) is 3.45. The molecule has 0 radical (unpaired) electrons. The molecule has 0 unspecified atom stereocenters. The van der Waals surface area contributed by atoms with Crippen LogP contribution in [0.15, 0.2) is 12.1 Å². The van der Waals surface area contributed by atoms with E-state index in [2.05, 4.69) is 4.98 Å². The summed E-state index contributed by atoms with van der Waals surface area (Å²) in [6.45, 7) is 4.55. The lowest BCUT2D eigenvalue weighted by Crippen LogP contribution is -1.97. The molecule has 0 aliphatic heterocycles. The van der Waals surface area contributed by atoms with Crippen molar-refractivity contribution in [3.05, 3.63) is 33.1 Å². The highest BCUT2D eigenvalue weighted by molar-refractivity contribution is 6.33. The smallest absolute Gasteiger partial charge is 0.290 e. The van der Waals surface area contributed by atoms with Crippen molar-refractivity contribution in [2.24, 2.45) is 0 Å². The molecule has 1 aromatic heterocycles. The molecule has 0 saturated carbocycles. The Morgan fingerprint density at radius 2 is 2.25 bits per heavy atom. The fraction of sp³-hybridized carbons (Fsp3) is 0.300. The Kier molecular flexibility index (Phi) is 2.55. The van der Waals surface area contributed by atoms with Crippen LogP contribution in [0.3, 0.4) is 0 Å². The van der Waals surface area contributed by atoms with Crippen LogP contribution in [0.1, 0.15) is 12.7 Å². The number of benzene rings is 1. The van der Waals surface area contributed by atoms with E-state index in [1.807, 2.05) is 18.4 Å². The van der Waals surface area contributed by atoms with Gasteiger partial charge >= 0.3 is 0 Å². The zero-order valence-electron chi connectivity index (χ0n) is 8.90. The van der Waals surface area contributed by atoms with Gasteiger partial charge in [-0.15, -0.1) is 0 Å². The van der Waals surface area contributed by atoms with E-state index in [4.69, 9.17) is 11.6 Å². The van der Waals surface area contributed by atoms with Gasteiger partial charge in [0.15, 0.2) is 0 Å². The molecular weight excluding hydrogens is 230 g/mol. The van der Waals surface area contributed by atoms with Crippen molar-refractivity contribution in [3.63, 3.8) is 0 Å². The van der Waals surface area contributed by atoms with Crippen LogP contribution in [-0.4, -0.2) is 14.5 Å². The summed E-state index contributed by atoms with van der Waals surface area (Å²) in [5.41, 5.74) is 1.36. The van der Waals surface area contributed by atoms with Crippen molar-refractivity contribution in [2.75, 3.05) is 0 Å². The molecule has 84 valence electrons. The number of aromatic nitrogens is 2. The third-order valence-electron chi connectivity index (χ3n) is 2.52. The topological polar surface area (TPSA) is 61.0 Å². The highest BCUT2D eigenvalue weighted by atomic mass is 35.5. The van der Waals surface area contributed by atoms with Crippen LogP contribution >= 0.6 is 11.6 Å². The van der Waals surface area contributed by atoms with Gasteiger partial charge in [0.2, 0.25) is 0 Å². The second-order valence-corrected chi connectivity index (χ2v) is 3.86. The number of nitrogens with zero attached hydrogens (tertiary/aromatic N) is 3. The van der Waals surface area contributed by atoms with Crippen molar-refractivity contribution < 1.29 is 4.92 Å². The van der Waals surface area contributed by atoms with Crippen LogP contribution in [0.4, 0.5) is 5.69 Å². The van der Waals surface area contributed by atoms with E-state index < -0.39 is 4.92 Å². The molecule has 0 saturated heterocycles. The number of halogens is 1. The van der Waals surface area contributed by atoms with Crippen LogP contribution in [-0.2, 0) is 6.54 Å². The van der Waals surface area contributed by atoms with E-state index in [0.717, 1.165) is 17.9 Å². The Bertz CT molecular complexity index is 577. The summed E-state index contributed by atoms with van der Waals surface area (Å²) in [6, 6.07) is 3.01. The minimum atomic E-state index is -0.482. The Morgan fingerprint density at radius 1 is 1.56 bits per heavy atom. The van der Waals surface area contributed by atoms with Gasteiger partial charge in [0.25, 0.3) is 5.69 Å². The van der Waals surface area contributed by atoms with E-state index in [9.17, 15) is 10.1 Å². The lowest BCUT2D eigenvalue weighted by Gasteiger charge is -2.01. The summed E-state index contributed by atoms with van der Waals surface area (Å²) in [4.78, 5) is 14.6. The minimum absolute atomic E-state index is 0.0798. The van der Waals surface area contributed by atoms with Crippen LogP contribution in [0.5, 0.6) is 0 Å². The Hall–Kier alpha value is -1.62. The number of hydrogen-bond donors (Lipinski definition) is 0. The molecule has 0 amide bonds. The number of rotatable bonds is 2. The molecule has 16 heavy (non-hydrogen) atoms. The van der Waals surface area contributed by atoms with Crippen LogP contribution in [0.25, 0.3) is 11.0 Å². The number of hydrogen-bond acceptors (Lipinski definition) is 3. The first kappa shape index (κ1) is 10.9. The van der Waals surface area contributed by atoms with Gasteiger partial charge in [-0.1, -0.05) is 11.6 Å². The van der Waals surface area contributed by atoms with Crippen molar-refractivity contribution in [1.29, 1.82) is 0 Å². The molecule has 6 heteroatoms. The zero-order chi connectivity index (χ0) is 11.9. The summed E-state index contributed by atoms with van der Waals surface area (Å²) < 4.78 is 1.92. The third-order valence-corrected chi connectivity index (χ3v) is 2.82. The Balaban J connectivity index is 2.80. The predicted octanol–water partition coefficient (Wildman–Crippen LogP) is 2.93. The molecule has 1 aromatic carbocycles. The largest absolute Gasteiger partial charge is 0.328 e. The quantitative estimate of drug-likeness (QED) is 0.598. The third kappa shape index (κ3) is 1.53. The van der Waals surface area contributed by atoms with Crippen molar-refractivity contribution in [2.45, 2.75) is 20.4 Å². The van der Waals surface area contributed by atoms with Crippen LogP contribution in [0.2, 0.25) is 5.02 Å². The lowest BCUT2D eigenvalue weighted by molar-refractivity contribution is -0.384. The fourth-order valence-corrected chi connectivity index (χ4v) is 2.02. The van der Waals surface area contributed by atoms with E-state index in [1.165, 1.54) is 12.1 Å². The maximum atomic E-state index is 10.8. The predicted molar refractivity (Wildman–Crippen MR) is 61.8 cm³/mol. The molecule has 0 N–H and O–H groups in total. The van der Waals surface area contributed by atoms with Crippen molar-refractivity contribution in [3.8, 4) is 0 Å². The van der Waals surface area contributed by atoms with Crippen LogP contribution in [0, 0.1) is 17.0 Å². The molecule has 0 aliphatic rings. The first-order valence-corrected chi connectivity index (χ1v) is 5.23. The van der Waals surface area contributed by atoms with E-state index in [1.54, 1.807) is 0 Å².